The summed E-state index contributed by atoms with van der Waals surface area (Å²) in [7, 11) is 0. The van der Waals surface area contributed by atoms with Crippen molar-refractivity contribution in [2.24, 2.45) is 5.92 Å². The Bertz CT molecular complexity index is 1130. The van der Waals surface area contributed by atoms with Gasteiger partial charge in [0, 0.05) is 18.7 Å². The first-order valence-corrected chi connectivity index (χ1v) is 13.0. The molecule has 0 aromatic heterocycles. The summed E-state index contributed by atoms with van der Waals surface area (Å²) >= 11 is 0. The second-order valence-corrected chi connectivity index (χ2v) is 9.87. The second-order valence-electron chi connectivity index (χ2n) is 9.87. The van der Waals surface area contributed by atoms with Gasteiger partial charge in [-0.1, -0.05) is 106 Å². The zero-order chi connectivity index (χ0) is 25.5. The fourth-order valence-electron chi connectivity index (χ4n) is 5.06. The lowest BCUT2D eigenvalue weighted by molar-refractivity contribution is -0.138. The molecular formula is C32H37NO3. The van der Waals surface area contributed by atoms with Crippen molar-refractivity contribution in [3.8, 4) is 5.75 Å². The number of nitrogens with zero attached hydrogens (tertiary/aromatic N) is 1. The first-order chi connectivity index (χ1) is 17.4. The van der Waals surface area contributed by atoms with Crippen molar-refractivity contribution < 1.29 is 14.6 Å². The summed E-state index contributed by atoms with van der Waals surface area (Å²) in [5, 5.41) is 12.0. The molecule has 1 aliphatic heterocycles. The van der Waals surface area contributed by atoms with Crippen molar-refractivity contribution in [2.75, 3.05) is 13.1 Å². The number of carbonyl (C=O) groups excluding carboxylic acids is 1. The molecule has 1 aliphatic rings. The van der Waals surface area contributed by atoms with Crippen LogP contribution < -0.4 is 4.74 Å². The van der Waals surface area contributed by atoms with Crippen molar-refractivity contribution >= 4 is 11.5 Å². The summed E-state index contributed by atoms with van der Waals surface area (Å²) in [6, 6.07) is 28.6. The van der Waals surface area contributed by atoms with Crippen LogP contribution in [0.4, 0.5) is 0 Å². The molecule has 0 amide bonds. The Morgan fingerprint density at radius 3 is 2.03 bits per heavy atom. The molecule has 1 saturated heterocycles. The molecule has 4 nitrogen and oxygen atoms in total. The van der Waals surface area contributed by atoms with Crippen LogP contribution in [0.5, 0.6) is 5.75 Å². The highest BCUT2D eigenvalue weighted by Gasteiger charge is 2.37. The molecule has 1 fully saturated rings. The van der Waals surface area contributed by atoms with Crippen LogP contribution in [0, 0.1) is 5.92 Å². The van der Waals surface area contributed by atoms with E-state index in [0.29, 0.717) is 12.2 Å². The monoisotopic (exact) mass is 483 g/mol. The van der Waals surface area contributed by atoms with Crippen LogP contribution >= 0.6 is 0 Å². The van der Waals surface area contributed by atoms with Gasteiger partial charge < -0.3 is 9.84 Å². The molecule has 36 heavy (non-hydrogen) atoms. The summed E-state index contributed by atoms with van der Waals surface area (Å²) in [6.07, 6.45) is 3.21. The van der Waals surface area contributed by atoms with E-state index in [4.69, 9.17) is 4.74 Å². The molecule has 0 saturated carbocycles. The Morgan fingerprint density at radius 1 is 0.917 bits per heavy atom. The van der Waals surface area contributed by atoms with E-state index in [9.17, 15) is 9.90 Å². The van der Waals surface area contributed by atoms with Crippen LogP contribution in [-0.2, 0) is 10.5 Å². The largest absolute Gasteiger partial charge is 0.426 e. The van der Waals surface area contributed by atoms with Crippen molar-refractivity contribution in [3.05, 3.63) is 107 Å². The molecule has 0 bridgehead atoms. The van der Waals surface area contributed by atoms with Crippen molar-refractivity contribution in [3.63, 3.8) is 0 Å². The number of aliphatic hydroxyl groups is 1. The maximum Gasteiger partial charge on any atom is 0.313 e. The van der Waals surface area contributed by atoms with Gasteiger partial charge in [-0.25, -0.2) is 0 Å². The second kappa shape index (κ2) is 11.7. The third-order valence-electron chi connectivity index (χ3n) is 6.95. The number of piperidine rings is 1. The molecule has 3 aromatic rings. The summed E-state index contributed by atoms with van der Waals surface area (Å²) in [6.45, 7) is 7.23. The van der Waals surface area contributed by atoms with Gasteiger partial charge in [-0.2, -0.15) is 0 Å². The number of hydrogen-bond donors (Lipinski definition) is 1. The molecule has 0 aliphatic carbocycles. The standard InChI is InChI=1S/C32H37NO3/c1-4-20-32(35,28-16-11-17-29(23-28)36-31(34)24(2)3)33-21-18-27(19-22-33)30(25-12-7-5-8-13-25)26-14-9-6-10-15-26/h5-17,23-24,35H,4,18-22H2,1-3H3. The maximum absolute atomic E-state index is 12.1. The van der Waals surface area contributed by atoms with Crippen molar-refractivity contribution in [2.45, 2.75) is 52.2 Å². The van der Waals surface area contributed by atoms with Crippen LogP contribution in [0.25, 0.3) is 5.57 Å². The molecule has 1 N–H and O–H groups in total. The Morgan fingerprint density at radius 2 is 1.50 bits per heavy atom. The Labute approximate surface area is 215 Å². The minimum absolute atomic E-state index is 0.209. The van der Waals surface area contributed by atoms with Gasteiger partial charge in [-0.05, 0) is 48.1 Å². The average molecular weight is 484 g/mol. The van der Waals surface area contributed by atoms with Gasteiger partial charge in [0.2, 0.25) is 0 Å². The number of likely N-dealkylation sites (tertiary alicyclic amines) is 1. The highest BCUT2D eigenvalue weighted by molar-refractivity contribution is 5.82. The highest BCUT2D eigenvalue weighted by Crippen LogP contribution is 2.38. The van der Waals surface area contributed by atoms with Crippen LogP contribution in [0.3, 0.4) is 0 Å². The molecule has 0 radical (unpaired) electrons. The smallest absolute Gasteiger partial charge is 0.313 e. The van der Waals surface area contributed by atoms with Gasteiger partial charge in [-0.3, -0.25) is 9.69 Å². The van der Waals surface area contributed by atoms with Gasteiger partial charge >= 0.3 is 5.97 Å². The lowest BCUT2D eigenvalue weighted by atomic mass is 9.86. The van der Waals surface area contributed by atoms with Crippen LogP contribution in [0.1, 0.15) is 63.1 Å². The predicted molar refractivity (Wildman–Crippen MR) is 145 cm³/mol. The zero-order valence-corrected chi connectivity index (χ0v) is 21.6. The summed E-state index contributed by atoms with van der Waals surface area (Å²) in [5.41, 5.74) is 4.85. The normalized spacial score (nSPS) is 16.0. The zero-order valence-electron chi connectivity index (χ0n) is 21.6. The summed E-state index contributed by atoms with van der Waals surface area (Å²) < 4.78 is 5.55. The van der Waals surface area contributed by atoms with Gasteiger partial charge in [0.05, 0.1) is 5.92 Å². The summed E-state index contributed by atoms with van der Waals surface area (Å²) in [4.78, 5) is 14.3. The summed E-state index contributed by atoms with van der Waals surface area (Å²) in [5.74, 6) is 0.000888. The molecule has 1 unspecified atom stereocenters. The van der Waals surface area contributed by atoms with E-state index in [0.717, 1.165) is 37.9 Å². The lowest BCUT2D eigenvalue weighted by Gasteiger charge is -2.43. The van der Waals surface area contributed by atoms with Gasteiger partial charge in [0.1, 0.15) is 11.5 Å². The quantitative estimate of drug-likeness (QED) is 0.283. The van der Waals surface area contributed by atoms with Crippen LogP contribution in [0.15, 0.2) is 90.5 Å². The average Bonchev–Trinajstić information content (AvgIpc) is 2.91. The molecule has 0 spiro atoms. The number of rotatable bonds is 8. The Kier molecular flexibility index (Phi) is 8.40. The number of carbonyl (C=O) groups is 1. The minimum atomic E-state index is -1.11. The van der Waals surface area contributed by atoms with E-state index in [1.54, 1.807) is 6.07 Å². The van der Waals surface area contributed by atoms with E-state index in [1.165, 1.54) is 22.3 Å². The fraction of sp³-hybridized carbons (Fsp3) is 0.344. The number of ether oxygens (including phenoxy) is 1. The number of esters is 1. The molecule has 1 atom stereocenters. The van der Waals surface area contributed by atoms with E-state index in [-0.39, 0.29) is 11.9 Å². The molecule has 188 valence electrons. The first kappa shape index (κ1) is 25.9. The number of benzene rings is 3. The van der Waals surface area contributed by atoms with Crippen molar-refractivity contribution in [1.82, 2.24) is 4.90 Å². The third kappa shape index (κ3) is 5.77. The molecule has 4 heteroatoms. The minimum Gasteiger partial charge on any atom is -0.426 e. The highest BCUT2D eigenvalue weighted by atomic mass is 16.5. The molecule has 1 heterocycles. The van der Waals surface area contributed by atoms with Crippen molar-refractivity contribution in [1.29, 1.82) is 0 Å². The van der Waals surface area contributed by atoms with E-state index >= 15 is 0 Å². The third-order valence-corrected chi connectivity index (χ3v) is 6.95. The van der Waals surface area contributed by atoms with Gasteiger partial charge in [0.15, 0.2) is 0 Å². The lowest BCUT2D eigenvalue weighted by Crippen LogP contribution is -2.49. The molecular weight excluding hydrogens is 446 g/mol. The Balaban J connectivity index is 1.62. The van der Waals surface area contributed by atoms with E-state index in [2.05, 4.69) is 72.5 Å². The maximum atomic E-state index is 12.1. The van der Waals surface area contributed by atoms with Crippen LogP contribution in [-0.4, -0.2) is 29.1 Å². The van der Waals surface area contributed by atoms with Gasteiger partial charge in [0.25, 0.3) is 0 Å². The van der Waals surface area contributed by atoms with Gasteiger partial charge in [-0.15, -0.1) is 0 Å². The fourth-order valence-corrected chi connectivity index (χ4v) is 5.06. The SMILES string of the molecule is CCCC(O)(c1cccc(OC(=O)C(C)C)c1)N1CCC(=C(c2ccccc2)c2ccccc2)CC1. The van der Waals surface area contributed by atoms with E-state index in [1.807, 2.05) is 32.0 Å². The molecule has 3 aromatic carbocycles. The topological polar surface area (TPSA) is 49.8 Å². The molecule has 4 rings (SSSR count). The van der Waals surface area contributed by atoms with Crippen LogP contribution in [0.2, 0.25) is 0 Å². The number of hydrogen-bond acceptors (Lipinski definition) is 4. The first-order valence-electron chi connectivity index (χ1n) is 13.0. The van der Waals surface area contributed by atoms with E-state index < -0.39 is 5.72 Å². The Hall–Kier alpha value is -3.21. The predicted octanol–water partition coefficient (Wildman–Crippen LogP) is 6.79.